The summed E-state index contributed by atoms with van der Waals surface area (Å²) >= 11 is 0. The van der Waals surface area contributed by atoms with Crippen molar-refractivity contribution in [1.82, 2.24) is 4.98 Å². The van der Waals surface area contributed by atoms with Crippen molar-refractivity contribution in [2.45, 2.75) is 24.4 Å². The number of halogens is 3. The number of alkyl halides is 3. The average molecular weight is 329 g/mol. The second-order valence-corrected chi connectivity index (χ2v) is 6.18. The molecule has 4 rings (SSSR count). The Hall–Kier alpha value is -2.56. The van der Waals surface area contributed by atoms with E-state index in [4.69, 9.17) is 0 Å². The third kappa shape index (κ3) is 2.23. The summed E-state index contributed by atoms with van der Waals surface area (Å²) in [6.45, 7) is 0. The van der Waals surface area contributed by atoms with Crippen LogP contribution >= 0.6 is 0 Å². The first-order chi connectivity index (χ1) is 11.4. The summed E-state index contributed by atoms with van der Waals surface area (Å²) in [7, 11) is 0. The van der Waals surface area contributed by atoms with Gasteiger partial charge in [0.2, 0.25) is 0 Å². The number of rotatable bonds is 2. The molecule has 0 radical (unpaired) electrons. The highest BCUT2D eigenvalue weighted by Crippen LogP contribution is 2.55. The quantitative estimate of drug-likeness (QED) is 0.714. The Balaban J connectivity index is 1.96. The predicted octanol–water partition coefficient (Wildman–Crippen LogP) is 5.04. The third-order valence-corrected chi connectivity index (χ3v) is 4.66. The average Bonchev–Trinajstić information content (AvgIpc) is 3.35. The Morgan fingerprint density at radius 3 is 2.29 bits per heavy atom. The molecule has 2 aromatic carbocycles. The molecule has 3 aromatic rings. The number of aromatic hydroxyl groups is 1. The summed E-state index contributed by atoms with van der Waals surface area (Å²) < 4.78 is 39.8. The van der Waals surface area contributed by atoms with Crippen LogP contribution in [0.3, 0.4) is 0 Å². The van der Waals surface area contributed by atoms with Crippen LogP contribution in [0, 0.1) is 0 Å². The van der Waals surface area contributed by atoms with Crippen LogP contribution < -0.4 is 0 Å². The summed E-state index contributed by atoms with van der Waals surface area (Å²) in [6.07, 6.45) is -2.96. The van der Waals surface area contributed by atoms with Crippen molar-refractivity contribution in [3.63, 3.8) is 0 Å². The summed E-state index contributed by atoms with van der Waals surface area (Å²) in [5.74, 6) is -0.0526. The molecule has 0 bridgehead atoms. The largest absolute Gasteiger partial charge is 0.506 e. The first-order valence-corrected chi connectivity index (χ1v) is 7.68. The molecular weight excluding hydrogens is 315 g/mol. The van der Waals surface area contributed by atoms with Crippen LogP contribution in [-0.2, 0) is 11.6 Å². The van der Waals surface area contributed by atoms with Crippen molar-refractivity contribution in [3.05, 3.63) is 71.4 Å². The summed E-state index contributed by atoms with van der Waals surface area (Å²) in [5.41, 5.74) is -0.0715. The number of hydrogen-bond donors (Lipinski definition) is 1. The van der Waals surface area contributed by atoms with Gasteiger partial charge in [0.25, 0.3) is 0 Å². The zero-order valence-corrected chi connectivity index (χ0v) is 12.6. The van der Waals surface area contributed by atoms with Crippen molar-refractivity contribution in [2.75, 3.05) is 0 Å². The lowest BCUT2D eigenvalue weighted by Gasteiger charge is -2.18. The fraction of sp³-hybridized carbons (Fsp3) is 0.211. The molecule has 1 aromatic heterocycles. The first kappa shape index (κ1) is 15.0. The molecule has 2 nitrogen and oxygen atoms in total. The molecule has 122 valence electrons. The summed E-state index contributed by atoms with van der Waals surface area (Å²) in [6, 6.07) is 14.8. The number of hydrogen-bond acceptors (Lipinski definition) is 2. The topological polar surface area (TPSA) is 33.1 Å². The molecule has 1 saturated carbocycles. The van der Waals surface area contributed by atoms with Crippen LogP contribution in [0.2, 0.25) is 0 Å². The van der Waals surface area contributed by atoms with E-state index in [0.717, 1.165) is 24.5 Å². The monoisotopic (exact) mass is 329 g/mol. The second-order valence-electron chi connectivity index (χ2n) is 6.18. The van der Waals surface area contributed by atoms with E-state index in [-0.39, 0.29) is 16.7 Å². The number of aromatic nitrogens is 1. The highest BCUT2D eigenvalue weighted by Gasteiger charge is 2.49. The highest BCUT2D eigenvalue weighted by atomic mass is 19.4. The zero-order chi connectivity index (χ0) is 16.9. The van der Waals surface area contributed by atoms with Crippen LogP contribution in [-0.4, -0.2) is 10.1 Å². The van der Waals surface area contributed by atoms with Gasteiger partial charge in [-0.05, 0) is 30.5 Å². The lowest BCUT2D eigenvalue weighted by atomic mass is 9.90. The van der Waals surface area contributed by atoms with E-state index in [1.54, 1.807) is 0 Å². The lowest BCUT2D eigenvalue weighted by Crippen LogP contribution is -2.13. The Morgan fingerprint density at radius 1 is 0.958 bits per heavy atom. The van der Waals surface area contributed by atoms with Gasteiger partial charge in [-0.3, -0.25) is 0 Å². The molecule has 1 aliphatic carbocycles. The molecule has 0 saturated heterocycles. The van der Waals surface area contributed by atoms with E-state index in [2.05, 4.69) is 4.98 Å². The molecule has 1 fully saturated rings. The summed E-state index contributed by atoms with van der Waals surface area (Å²) in [4.78, 5) is 4.28. The van der Waals surface area contributed by atoms with Gasteiger partial charge in [-0.1, -0.05) is 42.5 Å². The number of pyridine rings is 1. The molecular formula is C19H14F3NO. The maximum absolute atomic E-state index is 13.3. The molecule has 1 N–H and O–H groups in total. The van der Waals surface area contributed by atoms with Gasteiger partial charge < -0.3 is 5.11 Å². The van der Waals surface area contributed by atoms with Gasteiger partial charge in [0.05, 0.1) is 16.8 Å². The summed E-state index contributed by atoms with van der Waals surface area (Å²) in [5, 5.41) is 10.7. The number of nitrogens with zero attached hydrogens (tertiary/aromatic N) is 1. The van der Waals surface area contributed by atoms with Crippen molar-refractivity contribution in [2.24, 2.45) is 0 Å². The van der Waals surface area contributed by atoms with Crippen LogP contribution in [0.15, 0.2) is 54.6 Å². The Morgan fingerprint density at radius 2 is 1.67 bits per heavy atom. The minimum Gasteiger partial charge on any atom is -0.506 e. The normalized spacial score (nSPS) is 16.3. The van der Waals surface area contributed by atoms with Crippen LogP contribution in [0.4, 0.5) is 13.2 Å². The van der Waals surface area contributed by atoms with Crippen molar-refractivity contribution < 1.29 is 18.3 Å². The van der Waals surface area contributed by atoms with Gasteiger partial charge in [0.1, 0.15) is 5.75 Å². The van der Waals surface area contributed by atoms with Gasteiger partial charge >= 0.3 is 6.18 Å². The lowest BCUT2D eigenvalue weighted by molar-refractivity contribution is -0.136. The van der Waals surface area contributed by atoms with Crippen LogP contribution in [0.25, 0.3) is 10.9 Å². The fourth-order valence-corrected chi connectivity index (χ4v) is 3.31. The Bertz CT molecular complexity index is 915. The first-order valence-electron chi connectivity index (χ1n) is 7.68. The molecule has 0 spiro atoms. The number of benzene rings is 2. The molecule has 0 amide bonds. The maximum atomic E-state index is 13.3. The smallest absolute Gasteiger partial charge is 0.418 e. The van der Waals surface area contributed by atoms with E-state index in [1.807, 2.05) is 30.3 Å². The molecule has 0 atom stereocenters. The van der Waals surface area contributed by atoms with E-state index < -0.39 is 17.2 Å². The third-order valence-electron chi connectivity index (χ3n) is 4.66. The zero-order valence-electron chi connectivity index (χ0n) is 12.6. The minimum atomic E-state index is -4.48. The van der Waals surface area contributed by atoms with Gasteiger partial charge in [-0.2, -0.15) is 13.2 Å². The minimum absolute atomic E-state index is 0.0526. The Kier molecular flexibility index (Phi) is 3.10. The second kappa shape index (κ2) is 4.97. The van der Waals surface area contributed by atoms with E-state index in [0.29, 0.717) is 5.69 Å². The molecule has 1 aliphatic rings. The van der Waals surface area contributed by atoms with Gasteiger partial charge in [-0.25, -0.2) is 4.98 Å². The number of fused-ring (bicyclic) bond motifs is 1. The van der Waals surface area contributed by atoms with Crippen molar-refractivity contribution in [1.29, 1.82) is 0 Å². The maximum Gasteiger partial charge on any atom is 0.418 e. The van der Waals surface area contributed by atoms with Crippen LogP contribution in [0.5, 0.6) is 5.75 Å². The SMILES string of the molecule is Oc1cc2cccc(C(F)(F)F)c2nc1C1(c2ccccc2)CC1. The Labute approximate surface area is 136 Å². The predicted molar refractivity (Wildman–Crippen MR) is 84.9 cm³/mol. The van der Waals surface area contributed by atoms with Gasteiger partial charge in [-0.15, -0.1) is 0 Å². The van der Waals surface area contributed by atoms with E-state index in [9.17, 15) is 18.3 Å². The molecule has 0 aliphatic heterocycles. The van der Waals surface area contributed by atoms with Gasteiger partial charge in [0.15, 0.2) is 0 Å². The molecule has 0 unspecified atom stereocenters. The molecule has 5 heteroatoms. The highest BCUT2D eigenvalue weighted by molar-refractivity contribution is 5.84. The van der Waals surface area contributed by atoms with Crippen LogP contribution in [0.1, 0.15) is 29.7 Å². The van der Waals surface area contributed by atoms with Crippen molar-refractivity contribution >= 4 is 10.9 Å². The molecule has 24 heavy (non-hydrogen) atoms. The van der Waals surface area contributed by atoms with Gasteiger partial charge in [0, 0.05) is 10.8 Å². The standard InChI is InChI=1S/C19H14F3NO/c20-19(21,22)14-8-4-5-12-11-15(24)17(23-16(12)14)18(9-10-18)13-6-2-1-3-7-13/h1-8,11,24H,9-10H2. The number of para-hydroxylation sites is 1. The van der Waals surface area contributed by atoms with E-state index in [1.165, 1.54) is 18.2 Å². The molecule has 1 heterocycles. The van der Waals surface area contributed by atoms with E-state index >= 15 is 0 Å². The van der Waals surface area contributed by atoms with Crippen molar-refractivity contribution in [3.8, 4) is 5.75 Å². The fourth-order valence-electron chi connectivity index (χ4n) is 3.31.